The molecule has 1 unspecified atom stereocenters. The van der Waals surface area contributed by atoms with Crippen molar-refractivity contribution in [3.63, 3.8) is 0 Å². The molecule has 40 heavy (non-hydrogen) atoms. The molecule has 1 aliphatic rings. The summed E-state index contributed by atoms with van der Waals surface area (Å²) >= 11 is 1.45. The number of aromatic nitrogens is 1. The van der Waals surface area contributed by atoms with Crippen LogP contribution >= 0.6 is 11.8 Å². The van der Waals surface area contributed by atoms with Crippen LogP contribution in [0, 0.1) is 5.82 Å². The Labute approximate surface area is 235 Å². The van der Waals surface area contributed by atoms with Gasteiger partial charge in [0.05, 0.1) is 12.8 Å². The van der Waals surface area contributed by atoms with E-state index >= 15 is 0 Å². The van der Waals surface area contributed by atoms with Gasteiger partial charge in [-0.2, -0.15) is 0 Å². The van der Waals surface area contributed by atoms with Crippen molar-refractivity contribution in [3.05, 3.63) is 119 Å². The first-order valence-corrected chi connectivity index (χ1v) is 13.8. The molecule has 202 valence electrons. The van der Waals surface area contributed by atoms with E-state index < -0.39 is 5.82 Å². The molecule has 1 aromatic heterocycles. The number of carbonyl (C=O) groups is 3. The van der Waals surface area contributed by atoms with E-state index in [1.54, 1.807) is 24.3 Å². The Morgan fingerprint density at radius 1 is 0.950 bits per heavy atom. The van der Waals surface area contributed by atoms with Gasteiger partial charge in [-0.1, -0.05) is 48.5 Å². The summed E-state index contributed by atoms with van der Waals surface area (Å²) in [6.07, 6.45) is 3.37. The van der Waals surface area contributed by atoms with Crippen molar-refractivity contribution < 1.29 is 23.5 Å². The highest BCUT2D eigenvalue weighted by atomic mass is 32.2. The standard InChI is InChI=1S/C32H27FN2O4S/c33-28-19-35-12-10-23(28)17-30(37)24-4-5-25(18-34)27(16-24)22-3-1-2-20(14-22)15-29(36)21-6-8-26(9-7-21)40-31-11-13-39-32(31)38/h1-10,12,14,16,19,31H,11,13,15,17-18,34H2. The van der Waals surface area contributed by atoms with E-state index in [0.29, 0.717) is 24.2 Å². The summed E-state index contributed by atoms with van der Waals surface area (Å²) in [5.74, 6) is -0.955. The van der Waals surface area contributed by atoms with Crippen molar-refractivity contribution in [3.8, 4) is 11.1 Å². The third-order valence-corrected chi connectivity index (χ3v) is 8.06. The number of nitrogens with zero attached hydrogens (tertiary/aromatic N) is 1. The number of Topliss-reactive ketones (excluding diaryl/α,β-unsaturated/α-hetero) is 2. The van der Waals surface area contributed by atoms with E-state index in [2.05, 4.69) is 4.98 Å². The fraction of sp³-hybridized carbons (Fsp3) is 0.188. The van der Waals surface area contributed by atoms with Crippen LogP contribution in [0.2, 0.25) is 0 Å². The number of pyridine rings is 1. The number of hydrogen-bond acceptors (Lipinski definition) is 7. The molecule has 1 saturated heterocycles. The zero-order chi connectivity index (χ0) is 28.1. The van der Waals surface area contributed by atoms with Gasteiger partial charge in [0.2, 0.25) is 0 Å². The Bertz CT molecular complexity index is 1570. The number of hydrogen-bond donors (Lipinski definition) is 1. The molecule has 1 atom stereocenters. The van der Waals surface area contributed by atoms with Crippen LogP contribution in [0.4, 0.5) is 4.39 Å². The molecule has 2 heterocycles. The van der Waals surface area contributed by atoms with Gasteiger partial charge in [0.25, 0.3) is 0 Å². The predicted molar refractivity (Wildman–Crippen MR) is 152 cm³/mol. The number of halogens is 1. The first kappa shape index (κ1) is 27.4. The highest BCUT2D eigenvalue weighted by Gasteiger charge is 2.27. The first-order valence-electron chi connectivity index (χ1n) is 12.9. The fourth-order valence-corrected chi connectivity index (χ4v) is 5.62. The minimum Gasteiger partial charge on any atom is -0.465 e. The largest absolute Gasteiger partial charge is 0.465 e. The zero-order valence-electron chi connectivity index (χ0n) is 21.6. The van der Waals surface area contributed by atoms with E-state index in [9.17, 15) is 18.8 Å². The summed E-state index contributed by atoms with van der Waals surface area (Å²) < 4.78 is 19.1. The summed E-state index contributed by atoms with van der Waals surface area (Å²) in [5, 5.41) is -0.201. The van der Waals surface area contributed by atoms with Gasteiger partial charge in [-0.25, -0.2) is 4.39 Å². The maximum atomic E-state index is 14.0. The summed E-state index contributed by atoms with van der Waals surface area (Å²) in [6, 6.07) is 21.7. The highest BCUT2D eigenvalue weighted by molar-refractivity contribution is 8.00. The van der Waals surface area contributed by atoms with Crippen LogP contribution in [-0.4, -0.2) is 34.4 Å². The number of thioether (sulfide) groups is 1. The molecular formula is C32H27FN2O4S. The molecular weight excluding hydrogens is 527 g/mol. The fourth-order valence-electron chi connectivity index (χ4n) is 4.62. The highest BCUT2D eigenvalue weighted by Crippen LogP contribution is 2.30. The molecule has 3 aromatic carbocycles. The third-order valence-electron chi connectivity index (χ3n) is 6.80. The number of cyclic esters (lactones) is 1. The predicted octanol–water partition coefficient (Wildman–Crippen LogP) is 5.60. The minimum atomic E-state index is -0.515. The molecule has 1 aliphatic heterocycles. The average molecular weight is 555 g/mol. The number of rotatable bonds is 10. The number of carbonyl (C=O) groups excluding carboxylic acids is 3. The van der Waals surface area contributed by atoms with Gasteiger partial charge in [0.15, 0.2) is 11.6 Å². The van der Waals surface area contributed by atoms with E-state index in [4.69, 9.17) is 10.5 Å². The van der Waals surface area contributed by atoms with Crippen LogP contribution in [-0.2, 0) is 28.9 Å². The number of ketones is 2. The van der Waals surface area contributed by atoms with Crippen molar-refractivity contribution in [1.29, 1.82) is 0 Å². The van der Waals surface area contributed by atoms with Crippen molar-refractivity contribution in [2.24, 2.45) is 5.73 Å². The molecule has 2 N–H and O–H groups in total. The quantitative estimate of drug-likeness (QED) is 0.201. The summed E-state index contributed by atoms with van der Waals surface area (Å²) in [6.45, 7) is 0.722. The topological polar surface area (TPSA) is 99.4 Å². The van der Waals surface area contributed by atoms with Crippen molar-refractivity contribution in [2.75, 3.05) is 6.61 Å². The monoisotopic (exact) mass is 554 g/mol. The minimum absolute atomic E-state index is 0.0312. The average Bonchev–Trinajstić information content (AvgIpc) is 3.38. The SMILES string of the molecule is NCc1ccc(C(=O)Cc2ccncc2F)cc1-c1cccc(CC(=O)c2ccc(SC3CCOC3=O)cc2)c1. The summed E-state index contributed by atoms with van der Waals surface area (Å²) in [4.78, 5) is 42.4. The maximum absolute atomic E-state index is 14.0. The van der Waals surface area contributed by atoms with Crippen LogP contribution in [0.1, 0.15) is 43.8 Å². The van der Waals surface area contributed by atoms with Gasteiger partial charge in [-0.15, -0.1) is 11.8 Å². The van der Waals surface area contributed by atoms with E-state index in [0.717, 1.165) is 33.3 Å². The molecule has 0 aliphatic carbocycles. The second-order valence-electron chi connectivity index (χ2n) is 9.53. The molecule has 0 saturated carbocycles. The molecule has 6 nitrogen and oxygen atoms in total. The van der Waals surface area contributed by atoms with E-state index in [-0.39, 0.29) is 47.7 Å². The Kier molecular flexibility index (Phi) is 8.48. The molecule has 0 bridgehead atoms. The molecule has 5 rings (SSSR count). The van der Waals surface area contributed by atoms with Crippen molar-refractivity contribution >= 4 is 29.3 Å². The lowest BCUT2D eigenvalue weighted by Gasteiger charge is -2.12. The lowest BCUT2D eigenvalue weighted by Crippen LogP contribution is -2.09. The second kappa shape index (κ2) is 12.4. The molecule has 0 amide bonds. The maximum Gasteiger partial charge on any atom is 0.319 e. The van der Waals surface area contributed by atoms with Gasteiger partial charge in [-0.3, -0.25) is 19.4 Å². The molecule has 0 radical (unpaired) electrons. The summed E-state index contributed by atoms with van der Waals surface area (Å²) in [5.41, 5.74) is 10.6. The smallest absolute Gasteiger partial charge is 0.319 e. The normalized spacial score (nSPS) is 14.7. The van der Waals surface area contributed by atoms with Crippen LogP contribution in [0.5, 0.6) is 0 Å². The number of benzene rings is 3. The zero-order valence-corrected chi connectivity index (χ0v) is 22.5. The number of nitrogens with two attached hydrogens (primary N) is 1. The number of esters is 1. The van der Waals surface area contributed by atoms with Crippen LogP contribution in [0.25, 0.3) is 11.1 Å². The van der Waals surface area contributed by atoms with Gasteiger partial charge < -0.3 is 10.5 Å². The Morgan fingerprint density at radius 2 is 1.73 bits per heavy atom. The molecule has 1 fully saturated rings. The van der Waals surface area contributed by atoms with Crippen LogP contribution in [0.15, 0.2) is 90.1 Å². The Hall–Kier alpha value is -4.14. The van der Waals surface area contributed by atoms with Gasteiger partial charge in [0, 0.05) is 48.0 Å². The third kappa shape index (κ3) is 6.35. The summed E-state index contributed by atoms with van der Waals surface area (Å²) in [7, 11) is 0. The number of ether oxygens (including phenoxy) is 1. The molecule has 4 aromatic rings. The van der Waals surface area contributed by atoms with Gasteiger partial charge in [-0.05, 0) is 52.1 Å². The van der Waals surface area contributed by atoms with Gasteiger partial charge >= 0.3 is 5.97 Å². The van der Waals surface area contributed by atoms with Crippen LogP contribution < -0.4 is 5.73 Å². The second-order valence-corrected chi connectivity index (χ2v) is 10.8. The van der Waals surface area contributed by atoms with E-state index in [1.165, 1.54) is 24.0 Å². The lowest BCUT2D eigenvalue weighted by atomic mass is 9.92. The molecule has 8 heteroatoms. The lowest BCUT2D eigenvalue weighted by molar-refractivity contribution is -0.137. The van der Waals surface area contributed by atoms with Gasteiger partial charge in [0.1, 0.15) is 11.1 Å². The van der Waals surface area contributed by atoms with Crippen molar-refractivity contribution in [2.45, 2.75) is 36.0 Å². The van der Waals surface area contributed by atoms with E-state index in [1.807, 2.05) is 42.5 Å². The Balaban J connectivity index is 1.31. The van der Waals surface area contributed by atoms with Crippen LogP contribution in [0.3, 0.4) is 0 Å². The van der Waals surface area contributed by atoms with Crippen molar-refractivity contribution in [1.82, 2.24) is 4.98 Å². The molecule has 0 spiro atoms. The Morgan fingerprint density at radius 3 is 2.45 bits per heavy atom. The first-order chi connectivity index (χ1) is 19.4.